The standard InChI is InChI=1S/C15H14ClF2N/c1-2-19-9-10-3-6-15(18)13(7-10)12-8-11(17)4-5-14(12)16/h3-8,19H,2,9H2,1H3. The van der Waals surface area contributed by atoms with Gasteiger partial charge in [-0.3, -0.25) is 0 Å². The summed E-state index contributed by atoms with van der Waals surface area (Å²) < 4.78 is 27.2. The Balaban J connectivity index is 2.45. The van der Waals surface area contributed by atoms with Crippen LogP contribution in [0.2, 0.25) is 5.02 Å². The molecular formula is C15H14ClF2N. The third-order valence-corrected chi connectivity index (χ3v) is 3.16. The molecule has 1 N–H and O–H groups in total. The summed E-state index contributed by atoms with van der Waals surface area (Å²) in [4.78, 5) is 0. The van der Waals surface area contributed by atoms with Gasteiger partial charge in [-0.15, -0.1) is 0 Å². The van der Waals surface area contributed by atoms with Gasteiger partial charge >= 0.3 is 0 Å². The molecule has 100 valence electrons. The smallest absolute Gasteiger partial charge is 0.131 e. The van der Waals surface area contributed by atoms with Crippen molar-refractivity contribution in [3.05, 3.63) is 58.6 Å². The summed E-state index contributed by atoms with van der Waals surface area (Å²) >= 11 is 6.01. The molecule has 0 aliphatic carbocycles. The molecular weight excluding hydrogens is 268 g/mol. The minimum Gasteiger partial charge on any atom is -0.313 e. The van der Waals surface area contributed by atoms with E-state index in [1.165, 1.54) is 24.3 Å². The molecule has 2 aromatic rings. The monoisotopic (exact) mass is 281 g/mol. The first-order chi connectivity index (χ1) is 9.11. The molecule has 2 aromatic carbocycles. The lowest BCUT2D eigenvalue weighted by molar-refractivity contribution is 0.624. The lowest BCUT2D eigenvalue weighted by atomic mass is 10.0. The van der Waals surface area contributed by atoms with Crippen LogP contribution in [-0.4, -0.2) is 6.54 Å². The summed E-state index contributed by atoms with van der Waals surface area (Å²) in [5.41, 5.74) is 1.62. The maximum absolute atomic E-state index is 13.9. The van der Waals surface area contributed by atoms with Crippen LogP contribution in [-0.2, 0) is 6.54 Å². The van der Waals surface area contributed by atoms with Gasteiger partial charge in [0.25, 0.3) is 0 Å². The molecule has 0 atom stereocenters. The van der Waals surface area contributed by atoms with Crippen molar-refractivity contribution in [3.63, 3.8) is 0 Å². The van der Waals surface area contributed by atoms with Gasteiger partial charge in [-0.25, -0.2) is 8.78 Å². The van der Waals surface area contributed by atoms with Gasteiger partial charge in [-0.05, 0) is 42.4 Å². The molecule has 0 heterocycles. The molecule has 0 aliphatic rings. The molecule has 0 radical (unpaired) electrons. The number of rotatable bonds is 4. The van der Waals surface area contributed by atoms with Gasteiger partial charge in [0, 0.05) is 22.7 Å². The summed E-state index contributed by atoms with van der Waals surface area (Å²) in [5.74, 6) is -0.844. The fourth-order valence-electron chi connectivity index (χ4n) is 1.86. The predicted molar refractivity (Wildman–Crippen MR) is 74.2 cm³/mol. The molecule has 0 saturated heterocycles. The van der Waals surface area contributed by atoms with Crippen molar-refractivity contribution in [1.29, 1.82) is 0 Å². The SMILES string of the molecule is CCNCc1ccc(F)c(-c2cc(F)ccc2Cl)c1. The van der Waals surface area contributed by atoms with E-state index in [2.05, 4.69) is 5.32 Å². The maximum Gasteiger partial charge on any atom is 0.131 e. The normalized spacial score (nSPS) is 10.7. The summed E-state index contributed by atoms with van der Waals surface area (Å²) in [6.07, 6.45) is 0. The van der Waals surface area contributed by atoms with E-state index in [0.29, 0.717) is 22.7 Å². The highest BCUT2D eigenvalue weighted by Gasteiger charge is 2.11. The third kappa shape index (κ3) is 3.31. The zero-order valence-corrected chi connectivity index (χ0v) is 11.3. The Morgan fingerprint density at radius 3 is 2.58 bits per heavy atom. The Kier molecular flexibility index (Phi) is 4.51. The van der Waals surface area contributed by atoms with Crippen molar-refractivity contribution >= 4 is 11.6 Å². The van der Waals surface area contributed by atoms with Gasteiger partial charge in [-0.1, -0.05) is 24.6 Å². The zero-order valence-electron chi connectivity index (χ0n) is 10.5. The van der Waals surface area contributed by atoms with E-state index in [0.717, 1.165) is 12.1 Å². The lowest BCUT2D eigenvalue weighted by Crippen LogP contribution is -2.11. The fraction of sp³-hybridized carbons (Fsp3) is 0.200. The number of nitrogens with one attached hydrogen (secondary N) is 1. The van der Waals surface area contributed by atoms with Crippen LogP contribution in [0, 0.1) is 11.6 Å². The molecule has 2 rings (SSSR count). The number of benzene rings is 2. The molecule has 1 nitrogen and oxygen atoms in total. The van der Waals surface area contributed by atoms with Crippen molar-refractivity contribution in [1.82, 2.24) is 5.32 Å². The van der Waals surface area contributed by atoms with Gasteiger partial charge in [0.15, 0.2) is 0 Å². The zero-order chi connectivity index (χ0) is 13.8. The number of hydrogen-bond donors (Lipinski definition) is 1. The van der Waals surface area contributed by atoms with Crippen molar-refractivity contribution in [2.45, 2.75) is 13.5 Å². The van der Waals surface area contributed by atoms with Crippen LogP contribution < -0.4 is 5.32 Å². The predicted octanol–water partition coefficient (Wildman–Crippen LogP) is 4.39. The van der Waals surface area contributed by atoms with Gasteiger partial charge in [-0.2, -0.15) is 0 Å². The van der Waals surface area contributed by atoms with Crippen molar-refractivity contribution in [3.8, 4) is 11.1 Å². The van der Waals surface area contributed by atoms with Crippen molar-refractivity contribution in [2.75, 3.05) is 6.54 Å². The minimum absolute atomic E-state index is 0.319. The van der Waals surface area contributed by atoms with Crippen LogP contribution in [0.4, 0.5) is 8.78 Å². The molecule has 19 heavy (non-hydrogen) atoms. The summed E-state index contributed by atoms with van der Waals surface area (Å²) in [6, 6.07) is 8.71. The van der Waals surface area contributed by atoms with Crippen LogP contribution in [0.25, 0.3) is 11.1 Å². The molecule has 0 unspecified atom stereocenters. The molecule has 0 amide bonds. The van der Waals surface area contributed by atoms with Crippen molar-refractivity contribution in [2.24, 2.45) is 0 Å². The molecule has 0 fully saturated rings. The highest BCUT2D eigenvalue weighted by Crippen LogP contribution is 2.31. The number of halogens is 3. The van der Waals surface area contributed by atoms with Crippen LogP contribution in [0.1, 0.15) is 12.5 Å². The highest BCUT2D eigenvalue weighted by molar-refractivity contribution is 6.33. The first-order valence-electron chi connectivity index (χ1n) is 6.06. The first kappa shape index (κ1) is 14.0. The summed E-state index contributed by atoms with van der Waals surface area (Å²) in [5, 5.41) is 3.49. The molecule has 4 heteroatoms. The maximum atomic E-state index is 13.9. The Bertz CT molecular complexity index is 584. The Labute approximate surface area is 116 Å². The fourth-order valence-corrected chi connectivity index (χ4v) is 2.08. The van der Waals surface area contributed by atoms with E-state index in [1.807, 2.05) is 6.92 Å². The Hall–Kier alpha value is -1.45. The minimum atomic E-state index is -0.434. The molecule has 0 aromatic heterocycles. The second-order valence-electron chi connectivity index (χ2n) is 4.22. The molecule has 0 bridgehead atoms. The highest BCUT2D eigenvalue weighted by atomic mass is 35.5. The van der Waals surface area contributed by atoms with E-state index >= 15 is 0 Å². The van der Waals surface area contributed by atoms with Gasteiger partial charge in [0.1, 0.15) is 11.6 Å². The second kappa shape index (κ2) is 6.13. The van der Waals surface area contributed by atoms with Crippen LogP contribution in [0.5, 0.6) is 0 Å². The van der Waals surface area contributed by atoms with Crippen LogP contribution in [0.15, 0.2) is 36.4 Å². The molecule has 0 spiro atoms. The second-order valence-corrected chi connectivity index (χ2v) is 4.63. The van der Waals surface area contributed by atoms with Gasteiger partial charge in [0.2, 0.25) is 0 Å². The van der Waals surface area contributed by atoms with E-state index in [1.54, 1.807) is 12.1 Å². The summed E-state index contributed by atoms with van der Waals surface area (Å²) in [6.45, 7) is 3.46. The number of hydrogen-bond acceptors (Lipinski definition) is 1. The van der Waals surface area contributed by atoms with Crippen molar-refractivity contribution < 1.29 is 8.78 Å². The Morgan fingerprint density at radius 1 is 1.05 bits per heavy atom. The lowest BCUT2D eigenvalue weighted by Gasteiger charge is -2.09. The quantitative estimate of drug-likeness (QED) is 0.876. The van der Waals surface area contributed by atoms with Gasteiger partial charge in [0.05, 0.1) is 0 Å². The van der Waals surface area contributed by atoms with E-state index in [4.69, 9.17) is 11.6 Å². The van der Waals surface area contributed by atoms with E-state index < -0.39 is 11.6 Å². The molecule has 0 saturated carbocycles. The third-order valence-electron chi connectivity index (χ3n) is 2.83. The van der Waals surface area contributed by atoms with Crippen LogP contribution >= 0.6 is 11.6 Å². The largest absolute Gasteiger partial charge is 0.313 e. The first-order valence-corrected chi connectivity index (χ1v) is 6.44. The van der Waals surface area contributed by atoms with E-state index in [-0.39, 0.29) is 0 Å². The summed E-state index contributed by atoms with van der Waals surface area (Å²) in [7, 11) is 0. The van der Waals surface area contributed by atoms with Crippen LogP contribution in [0.3, 0.4) is 0 Å². The average Bonchev–Trinajstić information content (AvgIpc) is 2.41. The Morgan fingerprint density at radius 2 is 1.84 bits per heavy atom. The average molecular weight is 282 g/mol. The van der Waals surface area contributed by atoms with Gasteiger partial charge < -0.3 is 5.32 Å². The molecule has 0 aliphatic heterocycles. The van der Waals surface area contributed by atoms with E-state index in [9.17, 15) is 8.78 Å². The topological polar surface area (TPSA) is 12.0 Å².